The zero-order valence-corrected chi connectivity index (χ0v) is 17.3. The van der Waals surface area contributed by atoms with Crippen LogP contribution in [-0.4, -0.2) is 20.7 Å². The van der Waals surface area contributed by atoms with Crippen LogP contribution in [0.5, 0.6) is 0 Å². The highest BCUT2D eigenvalue weighted by Gasteiger charge is 2.16. The van der Waals surface area contributed by atoms with Gasteiger partial charge >= 0.3 is 0 Å². The first kappa shape index (κ1) is 20.0. The third-order valence-corrected chi connectivity index (χ3v) is 5.88. The molecule has 3 rings (SSSR count). The number of rotatable bonds is 6. The Morgan fingerprint density at radius 1 is 1.07 bits per heavy atom. The number of carbonyl (C=O) groups is 1. The lowest BCUT2D eigenvalue weighted by molar-refractivity contribution is 0.102. The fraction of sp³-hybridized carbons (Fsp3) is 0.167. The van der Waals surface area contributed by atoms with Gasteiger partial charge in [0.25, 0.3) is 5.91 Å². The van der Waals surface area contributed by atoms with E-state index in [1.165, 1.54) is 17.8 Å². The first-order valence-corrected chi connectivity index (χ1v) is 10.2. The van der Waals surface area contributed by atoms with Gasteiger partial charge in [-0.1, -0.05) is 64.8 Å². The maximum absolute atomic E-state index is 12.5. The summed E-state index contributed by atoms with van der Waals surface area (Å²) >= 11 is 19.6. The van der Waals surface area contributed by atoms with Crippen LogP contribution in [0, 0.1) is 0 Å². The molecule has 0 aliphatic rings. The van der Waals surface area contributed by atoms with Crippen molar-refractivity contribution in [2.75, 3.05) is 5.32 Å². The highest BCUT2D eigenvalue weighted by Crippen LogP contribution is 2.27. The van der Waals surface area contributed by atoms with E-state index in [-0.39, 0.29) is 5.91 Å². The number of benzene rings is 2. The normalized spacial score (nSPS) is 10.8. The maximum Gasteiger partial charge on any atom is 0.258 e. The summed E-state index contributed by atoms with van der Waals surface area (Å²) in [6, 6.07) is 12.3. The SMILES string of the molecule is CCn1c(NC(=O)c2ccc(Cl)c(Cl)c2)nnc1SCc1ccccc1Cl. The molecule has 27 heavy (non-hydrogen) atoms. The lowest BCUT2D eigenvalue weighted by Crippen LogP contribution is -2.16. The highest BCUT2D eigenvalue weighted by atomic mass is 35.5. The van der Waals surface area contributed by atoms with Crippen LogP contribution in [0.15, 0.2) is 47.6 Å². The topological polar surface area (TPSA) is 59.8 Å². The van der Waals surface area contributed by atoms with Crippen LogP contribution in [0.4, 0.5) is 5.95 Å². The molecule has 1 heterocycles. The van der Waals surface area contributed by atoms with E-state index in [1.807, 2.05) is 35.8 Å². The van der Waals surface area contributed by atoms with Gasteiger partial charge in [0.2, 0.25) is 5.95 Å². The molecule has 0 saturated carbocycles. The van der Waals surface area contributed by atoms with E-state index < -0.39 is 0 Å². The van der Waals surface area contributed by atoms with E-state index in [2.05, 4.69) is 15.5 Å². The zero-order chi connectivity index (χ0) is 19.4. The molecule has 1 aromatic heterocycles. The van der Waals surface area contributed by atoms with Crippen LogP contribution < -0.4 is 5.32 Å². The Labute approximate surface area is 176 Å². The average molecular weight is 442 g/mol. The van der Waals surface area contributed by atoms with Gasteiger partial charge in [-0.25, -0.2) is 0 Å². The molecule has 0 unspecified atom stereocenters. The molecule has 1 amide bonds. The second kappa shape index (κ2) is 8.97. The van der Waals surface area contributed by atoms with Gasteiger partial charge in [0.05, 0.1) is 10.0 Å². The van der Waals surface area contributed by atoms with Crippen LogP contribution in [-0.2, 0) is 12.3 Å². The van der Waals surface area contributed by atoms with E-state index in [0.717, 1.165) is 5.56 Å². The summed E-state index contributed by atoms with van der Waals surface area (Å²) in [7, 11) is 0. The number of halogens is 3. The summed E-state index contributed by atoms with van der Waals surface area (Å²) in [4.78, 5) is 12.5. The Bertz CT molecular complexity index is 977. The van der Waals surface area contributed by atoms with Crippen LogP contribution in [0.25, 0.3) is 0 Å². The van der Waals surface area contributed by atoms with Crippen molar-refractivity contribution in [1.82, 2.24) is 14.8 Å². The highest BCUT2D eigenvalue weighted by molar-refractivity contribution is 7.98. The molecule has 0 spiro atoms. The molecule has 0 aliphatic carbocycles. The van der Waals surface area contributed by atoms with Gasteiger partial charge in [0, 0.05) is 22.9 Å². The first-order chi connectivity index (χ1) is 13.0. The minimum Gasteiger partial charge on any atom is -0.290 e. The Balaban J connectivity index is 1.74. The molecule has 0 aliphatic heterocycles. The molecule has 3 aromatic rings. The van der Waals surface area contributed by atoms with Crippen molar-refractivity contribution in [3.8, 4) is 0 Å². The minimum atomic E-state index is -0.335. The van der Waals surface area contributed by atoms with Crippen molar-refractivity contribution in [2.45, 2.75) is 24.4 Å². The smallest absolute Gasteiger partial charge is 0.258 e. The minimum absolute atomic E-state index is 0.317. The van der Waals surface area contributed by atoms with Crippen LogP contribution in [0.2, 0.25) is 15.1 Å². The molecule has 0 saturated heterocycles. The number of anilines is 1. The van der Waals surface area contributed by atoms with E-state index in [1.54, 1.807) is 12.1 Å². The summed E-state index contributed by atoms with van der Waals surface area (Å²) in [6.07, 6.45) is 0. The average Bonchev–Trinajstić information content (AvgIpc) is 3.04. The summed E-state index contributed by atoms with van der Waals surface area (Å²) in [5, 5.41) is 13.2. The van der Waals surface area contributed by atoms with Gasteiger partial charge in [-0.3, -0.25) is 14.7 Å². The Kier molecular flexibility index (Phi) is 6.65. The van der Waals surface area contributed by atoms with Crippen LogP contribution in [0.3, 0.4) is 0 Å². The summed E-state index contributed by atoms with van der Waals surface area (Å²) in [6.45, 7) is 2.56. The maximum atomic E-state index is 12.5. The molecule has 0 atom stereocenters. The van der Waals surface area contributed by atoms with Crippen molar-refractivity contribution in [2.24, 2.45) is 0 Å². The van der Waals surface area contributed by atoms with E-state index in [4.69, 9.17) is 34.8 Å². The van der Waals surface area contributed by atoms with Gasteiger partial charge in [-0.05, 0) is 36.8 Å². The standard InChI is InChI=1S/C18H15Cl3N4OS/c1-2-25-17(22-16(26)11-7-8-14(20)15(21)9-11)23-24-18(25)27-10-12-5-3-4-6-13(12)19/h3-9H,2,10H2,1H3,(H,22,23,26). The third-order valence-electron chi connectivity index (χ3n) is 3.75. The number of hydrogen-bond donors (Lipinski definition) is 1. The molecule has 140 valence electrons. The Morgan fingerprint density at radius 3 is 2.56 bits per heavy atom. The second-order valence-corrected chi connectivity index (χ2v) is 7.68. The van der Waals surface area contributed by atoms with Crippen molar-refractivity contribution >= 4 is 58.4 Å². The van der Waals surface area contributed by atoms with Crippen molar-refractivity contribution in [1.29, 1.82) is 0 Å². The predicted octanol–water partition coefficient (Wildman–Crippen LogP) is 5.80. The number of amides is 1. The number of aromatic nitrogens is 3. The molecule has 1 N–H and O–H groups in total. The first-order valence-electron chi connectivity index (χ1n) is 8.05. The van der Waals surface area contributed by atoms with E-state index in [9.17, 15) is 4.79 Å². The second-order valence-electron chi connectivity index (χ2n) is 5.51. The van der Waals surface area contributed by atoms with Crippen LogP contribution in [0.1, 0.15) is 22.8 Å². The Morgan fingerprint density at radius 2 is 1.85 bits per heavy atom. The number of nitrogens with zero attached hydrogens (tertiary/aromatic N) is 3. The van der Waals surface area contributed by atoms with Crippen LogP contribution >= 0.6 is 46.6 Å². The third kappa shape index (κ3) is 4.76. The largest absolute Gasteiger partial charge is 0.290 e. The molecule has 2 aromatic carbocycles. The Hall–Kier alpha value is -1.73. The van der Waals surface area contributed by atoms with Crippen molar-refractivity contribution in [3.63, 3.8) is 0 Å². The van der Waals surface area contributed by atoms with E-state index in [0.29, 0.717) is 44.0 Å². The molecule has 5 nitrogen and oxygen atoms in total. The van der Waals surface area contributed by atoms with Gasteiger partial charge in [0.15, 0.2) is 5.16 Å². The van der Waals surface area contributed by atoms with Gasteiger partial charge in [-0.2, -0.15) is 0 Å². The quantitative estimate of drug-likeness (QED) is 0.491. The summed E-state index contributed by atoms with van der Waals surface area (Å²) < 4.78 is 1.83. The zero-order valence-electron chi connectivity index (χ0n) is 14.2. The summed E-state index contributed by atoms with van der Waals surface area (Å²) in [5.74, 6) is 0.687. The number of carbonyl (C=O) groups excluding carboxylic acids is 1. The number of hydrogen-bond acceptors (Lipinski definition) is 4. The fourth-order valence-corrected chi connectivity index (χ4v) is 3.93. The fourth-order valence-electron chi connectivity index (χ4n) is 2.34. The molecule has 0 radical (unpaired) electrons. The molecular weight excluding hydrogens is 427 g/mol. The molecular formula is C18H15Cl3N4OS. The van der Waals surface area contributed by atoms with Crippen molar-refractivity contribution < 1.29 is 4.79 Å². The summed E-state index contributed by atoms with van der Waals surface area (Å²) in [5.41, 5.74) is 1.40. The number of nitrogens with one attached hydrogen (secondary N) is 1. The van der Waals surface area contributed by atoms with Gasteiger partial charge in [0.1, 0.15) is 0 Å². The molecule has 0 fully saturated rings. The van der Waals surface area contributed by atoms with Crippen molar-refractivity contribution in [3.05, 3.63) is 68.7 Å². The van der Waals surface area contributed by atoms with E-state index >= 15 is 0 Å². The number of thioether (sulfide) groups is 1. The monoisotopic (exact) mass is 440 g/mol. The lowest BCUT2D eigenvalue weighted by atomic mass is 10.2. The van der Waals surface area contributed by atoms with Gasteiger partial charge in [-0.15, -0.1) is 10.2 Å². The molecule has 0 bridgehead atoms. The lowest BCUT2D eigenvalue weighted by Gasteiger charge is -2.09. The molecule has 9 heteroatoms. The van der Waals surface area contributed by atoms with Gasteiger partial charge < -0.3 is 0 Å². The predicted molar refractivity (Wildman–Crippen MR) is 111 cm³/mol.